The van der Waals surface area contributed by atoms with Crippen LogP contribution < -0.4 is 11.3 Å². The second kappa shape index (κ2) is 7.66. The summed E-state index contributed by atoms with van der Waals surface area (Å²) in [6.45, 7) is 4.26. The van der Waals surface area contributed by atoms with Crippen LogP contribution in [0, 0.1) is 0 Å². The third kappa shape index (κ3) is 4.24. The molecule has 1 aromatic rings. The highest BCUT2D eigenvalue weighted by atomic mass is 79.9. The molecule has 2 unspecified atom stereocenters. The highest BCUT2D eigenvalue weighted by molar-refractivity contribution is 9.10. The van der Waals surface area contributed by atoms with Gasteiger partial charge in [-0.3, -0.25) is 10.5 Å². The first kappa shape index (κ1) is 16.9. The van der Waals surface area contributed by atoms with Gasteiger partial charge in [-0.15, -0.1) is 0 Å². The Kier molecular flexibility index (Phi) is 6.15. The summed E-state index contributed by atoms with van der Waals surface area (Å²) in [5.41, 5.74) is 3.95. The highest BCUT2D eigenvalue weighted by Crippen LogP contribution is 2.28. The molecule has 8 heteroatoms. The van der Waals surface area contributed by atoms with E-state index in [-0.39, 0.29) is 12.1 Å². The van der Waals surface area contributed by atoms with Crippen molar-refractivity contribution in [3.63, 3.8) is 0 Å². The van der Waals surface area contributed by atoms with Gasteiger partial charge in [0.25, 0.3) is 0 Å². The first-order valence-corrected chi connectivity index (χ1v) is 7.94. The zero-order valence-electron chi connectivity index (χ0n) is 12.9. The minimum absolute atomic E-state index is 0.0138. The number of hydrogen-bond acceptors (Lipinski definition) is 6. The fourth-order valence-electron chi connectivity index (χ4n) is 2.53. The van der Waals surface area contributed by atoms with Gasteiger partial charge in [0.15, 0.2) is 0 Å². The van der Waals surface area contributed by atoms with E-state index in [0.29, 0.717) is 0 Å². The Morgan fingerprint density at radius 3 is 3.00 bits per heavy atom. The Balaban J connectivity index is 2.18. The molecule has 1 aromatic heterocycles. The molecular formula is C13H25BrN6O. The zero-order chi connectivity index (χ0) is 15.4. The number of ether oxygens (including phenoxy) is 1. The van der Waals surface area contributed by atoms with Crippen molar-refractivity contribution in [2.24, 2.45) is 5.84 Å². The molecule has 0 radical (unpaired) electrons. The average Bonchev–Trinajstić information content (AvgIpc) is 2.79. The van der Waals surface area contributed by atoms with Gasteiger partial charge in [0.05, 0.1) is 41.7 Å². The van der Waals surface area contributed by atoms with Crippen LogP contribution in [0.15, 0.2) is 10.7 Å². The van der Waals surface area contributed by atoms with Crippen LogP contribution in [-0.4, -0.2) is 73.1 Å². The lowest BCUT2D eigenvalue weighted by atomic mass is 10.1. The second-order valence-electron chi connectivity index (χ2n) is 5.72. The first-order chi connectivity index (χ1) is 10.0. The van der Waals surface area contributed by atoms with Gasteiger partial charge in [-0.1, -0.05) is 0 Å². The summed E-state index contributed by atoms with van der Waals surface area (Å²) in [4.78, 5) is 4.39. The maximum Gasteiger partial charge on any atom is 0.0925 e. The quantitative estimate of drug-likeness (QED) is 0.551. The van der Waals surface area contributed by atoms with E-state index in [9.17, 15) is 0 Å². The van der Waals surface area contributed by atoms with Gasteiger partial charge in [0.2, 0.25) is 0 Å². The van der Waals surface area contributed by atoms with E-state index in [1.165, 1.54) is 0 Å². The second-order valence-corrected chi connectivity index (χ2v) is 6.57. The Hall–Kier alpha value is -0.510. The summed E-state index contributed by atoms with van der Waals surface area (Å²) >= 11 is 3.59. The van der Waals surface area contributed by atoms with E-state index in [1.54, 1.807) is 0 Å². The number of nitrogens with two attached hydrogens (primary N) is 1. The van der Waals surface area contributed by atoms with Crippen LogP contribution in [0.25, 0.3) is 0 Å². The third-order valence-electron chi connectivity index (χ3n) is 3.73. The molecule has 0 amide bonds. The number of nitrogens with one attached hydrogen (secondary N) is 1. The van der Waals surface area contributed by atoms with Crippen molar-refractivity contribution in [2.45, 2.75) is 18.7 Å². The third-order valence-corrected chi connectivity index (χ3v) is 4.35. The lowest BCUT2D eigenvalue weighted by Gasteiger charge is -2.35. The zero-order valence-corrected chi connectivity index (χ0v) is 14.5. The molecule has 0 saturated carbocycles. The molecular weight excluding hydrogens is 336 g/mol. The number of likely N-dealkylation sites (N-methyl/N-ethyl adjacent to an activating group) is 2. The molecule has 0 spiro atoms. The fraction of sp³-hybridized carbons (Fsp3) is 0.769. The van der Waals surface area contributed by atoms with Gasteiger partial charge < -0.3 is 14.5 Å². The maximum absolute atomic E-state index is 5.90. The molecule has 2 heterocycles. The normalized spacial score (nSPS) is 21.9. The van der Waals surface area contributed by atoms with Crippen LogP contribution >= 0.6 is 15.9 Å². The number of rotatable bonds is 6. The van der Waals surface area contributed by atoms with Crippen LogP contribution in [0.2, 0.25) is 0 Å². The summed E-state index contributed by atoms with van der Waals surface area (Å²) in [5.74, 6) is 5.81. The number of hydrazine groups is 1. The Bertz CT molecular complexity index is 452. The van der Waals surface area contributed by atoms with E-state index >= 15 is 0 Å². The molecule has 1 saturated heterocycles. The SMILES string of the molecule is CN(C)CCn1ncc(Br)c1C(NN)C1CN(C)CCO1. The molecule has 120 valence electrons. The molecule has 2 atom stereocenters. The minimum Gasteiger partial charge on any atom is -0.373 e. The van der Waals surface area contributed by atoms with Gasteiger partial charge in [0.1, 0.15) is 0 Å². The van der Waals surface area contributed by atoms with Crippen LogP contribution in [0.1, 0.15) is 11.7 Å². The van der Waals surface area contributed by atoms with Crippen LogP contribution in [0.4, 0.5) is 0 Å². The molecule has 7 nitrogen and oxygen atoms in total. The van der Waals surface area contributed by atoms with Gasteiger partial charge >= 0.3 is 0 Å². The number of aromatic nitrogens is 2. The Labute approximate surface area is 134 Å². The summed E-state index contributed by atoms with van der Waals surface area (Å²) in [7, 11) is 6.20. The summed E-state index contributed by atoms with van der Waals surface area (Å²) in [5, 5.41) is 4.45. The van der Waals surface area contributed by atoms with Crippen molar-refractivity contribution < 1.29 is 4.74 Å². The predicted octanol–water partition coefficient (Wildman–Crippen LogP) is 0.0422. The molecule has 21 heavy (non-hydrogen) atoms. The smallest absolute Gasteiger partial charge is 0.0925 e. The van der Waals surface area contributed by atoms with Crippen LogP contribution in [0.5, 0.6) is 0 Å². The lowest BCUT2D eigenvalue weighted by Crippen LogP contribution is -2.49. The van der Waals surface area contributed by atoms with Gasteiger partial charge in [-0.25, -0.2) is 5.43 Å². The van der Waals surface area contributed by atoms with E-state index in [2.05, 4.69) is 57.4 Å². The van der Waals surface area contributed by atoms with Crippen molar-refractivity contribution in [2.75, 3.05) is 47.4 Å². The van der Waals surface area contributed by atoms with E-state index in [4.69, 9.17) is 10.6 Å². The molecule has 1 aliphatic heterocycles. The van der Waals surface area contributed by atoms with Crippen molar-refractivity contribution in [3.05, 3.63) is 16.4 Å². The van der Waals surface area contributed by atoms with Crippen molar-refractivity contribution in [1.29, 1.82) is 0 Å². The fourth-order valence-corrected chi connectivity index (χ4v) is 3.07. The molecule has 1 aliphatic rings. The molecule has 3 N–H and O–H groups in total. The average molecular weight is 361 g/mol. The van der Waals surface area contributed by atoms with E-state index in [1.807, 2.05) is 10.9 Å². The number of halogens is 1. The van der Waals surface area contributed by atoms with Crippen LogP contribution in [0.3, 0.4) is 0 Å². The van der Waals surface area contributed by atoms with Gasteiger partial charge in [0, 0.05) is 19.6 Å². The molecule has 2 rings (SSSR count). The van der Waals surface area contributed by atoms with Gasteiger partial charge in [-0.2, -0.15) is 5.10 Å². The van der Waals surface area contributed by atoms with Gasteiger partial charge in [-0.05, 0) is 37.1 Å². The molecule has 0 aromatic carbocycles. The van der Waals surface area contributed by atoms with Crippen molar-refractivity contribution >= 4 is 15.9 Å². The number of hydrogen-bond donors (Lipinski definition) is 2. The standard InChI is InChI=1S/C13H25BrN6O/c1-18(2)4-5-20-13(10(14)8-16-20)12(17-15)11-9-19(3)6-7-21-11/h8,11-12,17H,4-7,9,15H2,1-3H3. The highest BCUT2D eigenvalue weighted by Gasteiger charge is 2.31. The van der Waals surface area contributed by atoms with E-state index in [0.717, 1.165) is 43.0 Å². The molecule has 0 bridgehead atoms. The number of morpholine rings is 1. The van der Waals surface area contributed by atoms with Crippen molar-refractivity contribution in [1.82, 2.24) is 25.0 Å². The van der Waals surface area contributed by atoms with E-state index < -0.39 is 0 Å². The monoisotopic (exact) mass is 360 g/mol. The predicted molar refractivity (Wildman–Crippen MR) is 85.8 cm³/mol. The first-order valence-electron chi connectivity index (χ1n) is 7.15. The molecule has 0 aliphatic carbocycles. The summed E-state index contributed by atoms with van der Waals surface area (Å²) < 4.78 is 8.86. The minimum atomic E-state index is -0.0909. The van der Waals surface area contributed by atoms with Crippen LogP contribution in [-0.2, 0) is 11.3 Å². The lowest BCUT2D eigenvalue weighted by molar-refractivity contribution is -0.0409. The Morgan fingerprint density at radius 2 is 2.38 bits per heavy atom. The molecule has 1 fully saturated rings. The maximum atomic E-state index is 5.90. The van der Waals surface area contributed by atoms with Crippen molar-refractivity contribution in [3.8, 4) is 0 Å². The Morgan fingerprint density at radius 1 is 1.62 bits per heavy atom. The summed E-state index contributed by atoms with van der Waals surface area (Å²) in [6.07, 6.45) is 1.84. The number of nitrogens with zero attached hydrogens (tertiary/aromatic N) is 4. The largest absolute Gasteiger partial charge is 0.373 e. The topological polar surface area (TPSA) is 71.6 Å². The summed E-state index contributed by atoms with van der Waals surface area (Å²) in [6, 6.07) is -0.0909.